The standard InChI is InChI=1S/C21H22N6O2/c1-16-11-20(28)27(15-24-16)13-21(29)26-9-7-25(8-10-26)19-12-18(22-14-23-19)17-5-3-2-4-6-17/h2-6,11-12,14-15H,7-10,13H2,1H3. The van der Waals surface area contributed by atoms with Gasteiger partial charge in [-0.15, -0.1) is 0 Å². The van der Waals surface area contributed by atoms with Crippen molar-refractivity contribution in [3.05, 3.63) is 71.2 Å². The molecule has 3 heterocycles. The number of aryl methyl sites for hydroxylation is 1. The maximum atomic E-state index is 12.6. The van der Waals surface area contributed by atoms with Crippen LogP contribution in [0.25, 0.3) is 11.3 Å². The predicted molar refractivity (Wildman–Crippen MR) is 109 cm³/mol. The van der Waals surface area contributed by atoms with E-state index in [-0.39, 0.29) is 18.0 Å². The Balaban J connectivity index is 1.39. The van der Waals surface area contributed by atoms with Crippen LogP contribution in [0.1, 0.15) is 5.69 Å². The molecule has 1 amide bonds. The Labute approximate surface area is 168 Å². The molecule has 4 rings (SSSR count). The minimum atomic E-state index is -0.209. The third-order valence-electron chi connectivity index (χ3n) is 5.00. The Bertz CT molecular complexity index is 1060. The van der Waals surface area contributed by atoms with E-state index in [0.717, 1.165) is 17.1 Å². The van der Waals surface area contributed by atoms with Crippen molar-refractivity contribution < 1.29 is 4.79 Å². The summed E-state index contributed by atoms with van der Waals surface area (Å²) in [5.41, 5.74) is 2.36. The Kier molecular flexibility index (Phi) is 5.33. The Morgan fingerprint density at radius 2 is 1.76 bits per heavy atom. The van der Waals surface area contributed by atoms with E-state index in [0.29, 0.717) is 31.9 Å². The van der Waals surface area contributed by atoms with Gasteiger partial charge in [0.15, 0.2) is 0 Å². The van der Waals surface area contributed by atoms with Crippen LogP contribution >= 0.6 is 0 Å². The number of anilines is 1. The van der Waals surface area contributed by atoms with Gasteiger partial charge in [-0.05, 0) is 6.92 Å². The Hall–Kier alpha value is -3.55. The third-order valence-corrected chi connectivity index (χ3v) is 5.00. The molecule has 1 aromatic carbocycles. The first kappa shape index (κ1) is 18.8. The first-order chi connectivity index (χ1) is 14.1. The number of aromatic nitrogens is 4. The SMILES string of the molecule is Cc1cc(=O)n(CC(=O)N2CCN(c3cc(-c4ccccc4)ncn3)CC2)cn1. The van der Waals surface area contributed by atoms with Gasteiger partial charge in [0.1, 0.15) is 18.7 Å². The molecule has 1 saturated heterocycles. The van der Waals surface area contributed by atoms with Gasteiger partial charge in [-0.25, -0.2) is 15.0 Å². The van der Waals surface area contributed by atoms with Crippen LogP contribution in [0.4, 0.5) is 5.82 Å². The molecule has 0 saturated carbocycles. The number of carbonyl (C=O) groups is 1. The minimum absolute atomic E-state index is 0.0117. The van der Waals surface area contributed by atoms with Crippen molar-refractivity contribution in [1.29, 1.82) is 0 Å². The van der Waals surface area contributed by atoms with Crippen LogP contribution in [0.3, 0.4) is 0 Å². The third kappa shape index (κ3) is 4.31. The van der Waals surface area contributed by atoms with Crippen molar-refractivity contribution in [2.24, 2.45) is 0 Å². The number of benzene rings is 1. The number of amides is 1. The molecule has 3 aromatic rings. The number of carbonyl (C=O) groups excluding carboxylic acids is 1. The highest BCUT2D eigenvalue weighted by Gasteiger charge is 2.22. The molecule has 29 heavy (non-hydrogen) atoms. The van der Waals surface area contributed by atoms with Crippen LogP contribution in [0.15, 0.2) is 59.9 Å². The fraction of sp³-hybridized carbons (Fsp3) is 0.286. The largest absolute Gasteiger partial charge is 0.353 e. The van der Waals surface area contributed by atoms with E-state index < -0.39 is 0 Å². The second-order valence-corrected chi connectivity index (χ2v) is 6.99. The van der Waals surface area contributed by atoms with Gasteiger partial charge in [-0.1, -0.05) is 30.3 Å². The molecule has 0 aliphatic carbocycles. The average molecular weight is 390 g/mol. The zero-order chi connectivity index (χ0) is 20.2. The quantitative estimate of drug-likeness (QED) is 0.669. The van der Waals surface area contributed by atoms with Crippen LogP contribution in [-0.2, 0) is 11.3 Å². The molecule has 1 aliphatic rings. The number of hydrogen-bond donors (Lipinski definition) is 0. The lowest BCUT2D eigenvalue weighted by atomic mass is 10.1. The summed E-state index contributed by atoms with van der Waals surface area (Å²) in [7, 11) is 0. The van der Waals surface area contributed by atoms with Crippen LogP contribution in [0.2, 0.25) is 0 Å². The van der Waals surface area contributed by atoms with Gasteiger partial charge < -0.3 is 9.80 Å². The van der Waals surface area contributed by atoms with Crippen LogP contribution < -0.4 is 10.5 Å². The average Bonchev–Trinajstić information content (AvgIpc) is 2.76. The van der Waals surface area contributed by atoms with E-state index in [1.165, 1.54) is 17.0 Å². The summed E-state index contributed by atoms with van der Waals surface area (Å²) in [6, 6.07) is 13.4. The molecule has 0 N–H and O–H groups in total. The van der Waals surface area contributed by atoms with Crippen LogP contribution in [0.5, 0.6) is 0 Å². The summed E-state index contributed by atoms with van der Waals surface area (Å²) in [4.78, 5) is 41.4. The molecule has 1 fully saturated rings. The Morgan fingerprint density at radius 3 is 2.48 bits per heavy atom. The van der Waals surface area contributed by atoms with Gasteiger partial charge in [0.2, 0.25) is 5.91 Å². The molecule has 0 spiro atoms. The van der Waals surface area contributed by atoms with Gasteiger partial charge in [0, 0.05) is 49.6 Å². The van der Waals surface area contributed by atoms with Crippen molar-refractivity contribution >= 4 is 11.7 Å². The van der Waals surface area contributed by atoms with E-state index in [9.17, 15) is 9.59 Å². The van der Waals surface area contributed by atoms with Gasteiger partial charge in [0.05, 0.1) is 12.0 Å². The monoisotopic (exact) mass is 390 g/mol. The summed E-state index contributed by atoms with van der Waals surface area (Å²) in [5, 5.41) is 0. The van der Waals surface area contributed by atoms with Gasteiger partial charge in [0.25, 0.3) is 5.56 Å². The molecule has 0 atom stereocenters. The van der Waals surface area contributed by atoms with Crippen molar-refractivity contribution in [2.45, 2.75) is 13.5 Å². The lowest BCUT2D eigenvalue weighted by Gasteiger charge is -2.35. The van der Waals surface area contributed by atoms with Crippen molar-refractivity contribution in [1.82, 2.24) is 24.4 Å². The lowest BCUT2D eigenvalue weighted by molar-refractivity contribution is -0.132. The molecule has 0 radical (unpaired) electrons. The molecule has 8 heteroatoms. The van der Waals surface area contributed by atoms with E-state index in [1.54, 1.807) is 18.2 Å². The second kappa shape index (κ2) is 8.22. The number of hydrogen-bond acceptors (Lipinski definition) is 6. The van der Waals surface area contributed by atoms with Crippen molar-refractivity contribution in [3.8, 4) is 11.3 Å². The smallest absolute Gasteiger partial charge is 0.253 e. The van der Waals surface area contributed by atoms with E-state index >= 15 is 0 Å². The second-order valence-electron chi connectivity index (χ2n) is 6.99. The van der Waals surface area contributed by atoms with Crippen molar-refractivity contribution in [3.63, 3.8) is 0 Å². The maximum Gasteiger partial charge on any atom is 0.253 e. The Morgan fingerprint density at radius 1 is 1.00 bits per heavy atom. The van der Waals surface area contributed by atoms with Gasteiger partial charge in [-0.2, -0.15) is 0 Å². The molecule has 0 unspecified atom stereocenters. The summed E-state index contributed by atoms with van der Waals surface area (Å²) in [6.07, 6.45) is 3.00. The first-order valence-electron chi connectivity index (χ1n) is 9.53. The molecule has 8 nitrogen and oxygen atoms in total. The summed E-state index contributed by atoms with van der Waals surface area (Å²) in [5.74, 6) is 0.773. The molecule has 148 valence electrons. The van der Waals surface area contributed by atoms with Crippen molar-refractivity contribution in [2.75, 3.05) is 31.1 Å². The topological polar surface area (TPSA) is 84.2 Å². The highest BCUT2D eigenvalue weighted by atomic mass is 16.2. The molecular weight excluding hydrogens is 368 g/mol. The summed E-state index contributed by atoms with van der Waals surface area (Å²) < 4.78 is 1.35. The summed E-state index contributed by atoms with van der Waals surface area (Å²) in [6.45, 7) is 4.28. The normalized spacial score (nSPS) is 14.1. The summed E-state index contributed by atoms with van der Waals surface area (Å²) >= 11 is 0. The van der Waals surface area contributed by atoms with Crippen LogP contribution in [0, 0.1) is 6.92 Å². The fourth-order valence-corrected chi connectivity index (χ4v) is 3.35. The highest BCUT2D eigenvalue weighted by Crippen LogP contribution is 2.21. The van der Waals surface area contributed by atoms with Gasteiger partial charge >= 0.3 is 0 Å². The molecule has 0 bridgehead atoms. The van der Waals surface area contributed by atoms with E-state index in [1.807, 2.05) is 36.4 Å². The minimum Gasteiger partial charge on any atom is -0.353 e. The number of piperazine rings is 1. The van der Waals surface area contributed by atoms with E-state index in [4.69, 9.17) is 0 Å². The number of rotatable bonds is 4. The highest BCUT2D eigenvalue weighted by molar-refractivity contribution is 5.76. The molecule has 1 aliphatic heterocycles. The first-order valence-corrected chi connectivity index (χ1v) is 9.53. The lowest BCUT2D eigenvalue weighted by Crippen LogP contribution is -2.50. The maximum absolute atomic E-state index is 12.6. The van der Waals surface area contributed by atoms with Gasteiger partial charge in [-0.3, -0.25) is 14.2 Å². The van der Waals surface area contributed by atoms with Crippen LogP contribution in [-0.4, -0.2) is 56.5 Å². The molecular formula is C21H22N6O2. The predicted octanol–water partition coefficient (Wildman–Crippen LogP) is 1.36. The zero-order valence-corrected chi connectivity index (χ0v) is 16.2. The van der Waals surface area contributed by atoms with E-state index in [2.05, 4.69) is 19.9 Å². The number of nitrogens with zero attached hydrogens (tertiary/aromatic N) is 6. The molecule has 2 aromatic heterocycles. The fourth-order valence-electron chi connectivity index (χ4n) is 3.35. The zero-order valence-electron chi connectivity index (χ0n) is 16.2.